The third kappa shape index (κ3) is 3.80. The van der Waals surface area contributed by atoms with Crippen molar-refractivity contribution in [2.75, 3.05) is 13.2 Å². The number of nitrogens with one attached hydrogen (secondary N) is 1. The minimum Gasteiger partial charge on any atom is -0.493 e. The lowest BCUT2D eigenvalue weighted by Gasteiger charge is -2.15. The van der Waals surface area contributed by atoms with Crippen LogP contribution in [0, 0.1) is 5.92 Å². The molecule has 0 aliphatic heterocycles. The van der Waals surface area contributed by atoms with E-state index >= 15 is 0 Å². The number of nitrogens with two attached hydrogens (primary N) is 1. The van der Waals surface area contributed by atoms with Gasteiger partial charge in [-0.05, 0) is 48.2 Å². The van der Waals surface area contributed by atoms with Crippen molar-refractivity contribution in [2.45, 2.75) is 26.2 Å². The number of H-pyrrole nitrogens is 1. The lowest BCUT2D eigenvalue weighted by Crippen LogP contribution is -2.14. The average Bonchev–Trinajstić information content (AvgIpc) is 3.03. The number of para-hydroxylation sites is 1. The van der Waals surface area contributed by atoms with Gasteiger partial charge in [0.25, 0.3) is 0 Å². The van der Waals surface area contributed by atoms with Crippen molar-refractivity contribution in [1.29, 1.82) is 0 Å². The van der Waals surface area contributed by atoms with Crippen LogP contribution in [0.5, 0.6) is 5.75 Å². The Labute approximate surface area is 143 Å². The maximum atomic E-state index is 6.08. The highest BCUT2D eigenvalue weighted by Crippen LogP contribution is 2.28. The predicted octanol–water partition coefficient (Wildman–Crippen LogP) is 4.49. The fraction of sp³-hybridized carbons (Fsp3) is 0.333. The zero-order valence-corrected chi connectivity index (χ0v) is 14.5. The van der Waals surface area contributed by atoms with Crippen LogP contribution < -0.4 is 10.5 Å². The average molecular weight is 322 g/mol. The molecule has 2 aromatic carbocycles. The molecule has 126 valence electrons. The van der Waals surface area contributed by atoms with Gasteiger partial charge in [0.15, 0.2) is 0 Å². The topological polar surface area (TPSA) is 51.0 Å². The lowest BCUT2D eigenvalue weighted by molar-refractivity contribution is 0.271. The van der Waals surface area contributed by atoms with Gasteiger partial charge in [-0.1, -0.05) is 44.2 Å². The fourth-order valence-electron chi connectivity index (χ4n) is 3.02. The fourth-order valence-corrected chi connectivity index (χ4v) is 3.02. The Morgan fingerprint density at radius 3 is 2.50 bits per heavy atom. The highest BCUT2D eigenvalue weighted by Gasteiger charge is 2.15. The summed E-state index contributed by atoms with van der Waals surface area (Å²) in [4.78, 5) is 3.35. The molecule has 0 saturated heterocycles. The molecule has 0 bridgehead atoms. The van der Waals surface area contributed by atoms with Crippen LogP contribution in [0.3, 0.4) is 0 Å². The summed E-state index contributed by atoms with van der Waals surface area (Å²) >= 11 is 0. The van der Waals surface area contributed by atoms with Crippen LogP contribution in [-0.2, 0) is 6.42 Å². The molecule has 0 fully saturated rings. The number of hydrogen-bond donors (Lipinski definition) is 2. The smallest absolute Gasteiger partial charge is 0.119 e. The van der Waals surface area contributed by atoms with Gasteiger partial charge < -0.3 is 15.5 Å². The van der Waals surface area contributed by atoms with E-state index in [-0.39, 0.29) is 0 Å². The zero-order valence-electron chi connectivity index (χ0n) is 14.5. The first-order valence-corrected chi connectivity index (χ1v) is 8.65. The Morgan fingerprint density at radius 2 is 1.79 bits per heavy atom. The van der Waals surface area contributed by atoms with E-state index < -0.39 is 0 Å². The molecule has 0 aliphatic rings. The van der Waals surface area contributed by atoms with Crippen molar-refractivity contribution in [2.24, 2.45) is 11.7 Å². The van der Waals surface area contributed by atoms with E-state index in [1.807, 2.05) is 0 Å². The minimum atomic E-state index is 0.309. The van der Waals surface area contributed by atoms with Gasteiger partial charge in [0.05, 0.1) is 6.61 Å². The monoisotopic (exact) mass is 322 g/mol. The van der Waals surface area contributed by atoms with Gasteiger partial charge in [-0.3, -0.25) is 0 Å². The normalized spacial score (nSPS) is 12.7. The van der Waals surface area contributed by atoms with E-state index in [1.54, 1.807) is 0 Å². The largest absolute Gasteiger partial charge is 0.493 e. The molecule has 1 heterocycles. The molecular formula is C21H26N2O. The first kappa shape index (κ1) is 16.6. The third-order valence-corrected chi connectivity index (χ3v) is 4.33. The number of fused-ring (bicyclic) bond motifs is 1. The van der Waals surface area contributed by atoms with Crippen LogP contribution in [-0.4, -0.2) is 18.1 Å². The van der Waals surface area contributed by atoms with Gasteiger partial charge in [-0.25, -0.2) is 0 Å². The van der Waals surface area contributed by atoms with Crippen molar-refractivity contribution >= 4 is 10.9 Å². The maximum Gasteiger partial charge on any atom is 0.119 e. The standard InChI is InChI=1S/C21H26N2O/c1-15(2)14-24-18-9-7-16(8-10-18)11-17(12-22)20-13-23-21-6-4-3-5-19(20)21/h3-10,13,15,17,23H,11-12,14,22H2,1-2H3. The van der Waals surface area contributed by atoms with Gasteiger partial charge >= 0.3 is 0 Å². The molecule has 3 N–H and O–H groups in total. The Balaban J connectivity index is 1.73. The molecule has 3 aromatic rings. The van der Waals surface area contributed by atoms with Crippen LogP contribution in [0.1, 0.15) is 30.9 Å². The van der Waals surface area contributed by atoms with Gasteiger partial charge in [0.2, 0.25) is 0 Å². The quantitative estimate of drug-likeness (QED) is 0.673. The molecular weight excluding hydrogens is 296 g/mol. The third-order valence-electron chi connectivity index (χ3n) is 4.33. The number of ether oxygens (including phenoxy) is 1. The summed E-state index contributed by atoms with van der Waals surface area (Å²) in [5, 5.41) is 1.27. The number of aromatic nitrogens is 1. The molecule has 1 aromatic heterocycles. The second kappa shape index (κ2) is 7.54. The van der Waals surface area contributed by atoms with E-state index in [0.717, 1.165) is 18.8 Å². The van der Waals surface area contributed by atoms with Crippen molar-refractivity contribution in [3.63, 3.8) is 0 Å². The Morgan fingerprint density at radius 1 is 1.04 bits per heavy atom. The van der Waals surface area contributed by atoms with Crippen molar-refractivity contribution < 1.29 is 4.74 Å². The second-order valence-corrected chi connectivity index (χ2v) is 6.78. The summed E-state index contributed by atoms with van der Waals surface area (Å²) in [7, 11) is 0. The summed E-state index contributed by atoms with van der Waals surface area (Å²) in [6, 6.07) is 16.8. The number of rotatable bonds is 7. The Hall–Kier alpha value is -2.26. The highest BCUT2D eigenvalue weighted by atomic mass is 16.5. The molecule has 0 amide bonds. The molecule has 0 aliphatic carbocycles. The zero-order chi connectivity index (χ0) is 16.9. The molecule has 1 atom stereocenters. The highest BCUT2D eigenvalue weighted by molar-refractivity contribution is 5.83. The van der Waals surface area contributed by atoms with Crippen molar-refractivity contribution in [3.8, 4) is 5.75 Å². The molecule has 0 radical (unpaired) electrons. The van der Waals surface area contributed by atoms with Crippen LogP contribution in [0.4, 0.5) is 0 Å². The Bertz CT molecular complexity index is 774. The minimum absolute atomic E-state index is 0.309. The molecule has 3 heteroatoms. The molecule has 1 unspecified atom stereocenters. The second-order valence-electron chi connectivity index (χ2n) is 6.78. The van der Waals surface area contributed by atoms with Crippen LogP contribution in [0.15, 0.2) is 54.7 Å². The van der Waals surface area contributed by atoms with Crippen LogP contribution >= 0.6 is 0 Å². The SMILES string of the molecule is CC(C)COc1ccc(CC(CN)c2c[nH]c3ccccc23)cc1. The van der Waals surface area contributed by atoms with Crippen molar-refractivity contribution in [1.82, 2.24) is 4.98 Å². The van der Waals surface area contributed by atoms with E-state index in [4.69, 9.17) is 10.5 Å². The number of hydrogen-bond acceptors (Lipinski definition) is 2. The molecule has 0 saturated carbocycles. The summed E-state index contributed by atoms with van der Waals surface area (Å²) in [5.74, 6) is 1.78. The maximum absolute atomic E-state index is 6.08. The molecule has 0 spiro atoms. The molecule has 24 heavy (non-hydrogen) atoms. The number of aromatic amines is 1. The van der Waals surface area contributed by atoms with Gasteiger partial charge in [0.1, 0.15) is 5.75 Å². The van der Waals surface area contributed by atoms with E-state index in [0.29, 0.717) is 18.4 Å². The predicted molar refractivity (Wildman–Crippen MR) is 101 cm³/mol. The summed E-state index contributed by atoms with van der Waals surface area (Å²) in [5.41, 5.74) is 9.83. The van der Waals surface area contributed by atoms with Crippen molar-refractivity contribution in [3.05, 3.63) is 65.9 Å². The van der Waals surface area contributed by atoms with Gasteiger partial charge in [-0.15, -0.1) is 0 Å². The van der Waals surface area contributed by atoms with Gasteiger partial charge in [0, 0.05) is 23.0 Å². The van der Waals surface area contributed by atoms with Crippen LogP contribution in [0.2, 0.25) is 0 Å². The van der Waals surface area contributed by atoms with E-state index in [1.165, 1.54) is 22.0 Å². The first-order chi connectivity index (χ1) is 11.7. The lowest BCUT2D eigenvalue weighted by atomic mass is 9.92. The Kier molecular flexibility index (Phi) is 5.21. The molecule has 3 nitrogen and oxygen atoms in total. The van der Waals surface area contributed by atoms with E-state index in [9.17, 15) is 0 Å². The van der Waals surface area contributed by atoms with Crippen LogP contribution in [0.25, 0.3) is 10.9 Å². The summed E-state index contributed by atoms with van der Waals surface area (Å²) < 4.78 is 5.75. The summed E-state index contributed by atoms with van der Waals surface area (Å²) in [6.45, 7) is 5.69. The van der Waals surface area contributed by atoms with Gasteiger partial charge in [-0.2, -0.15) is 0 Å². The first-order valence-electron chi connectivity index (χ1n) is 8.65. The summed E-state index contributed by atoms with van der Waals surface area (Å²) in [6.07, 6.45) is 3.03. The molecule has 3 rings (SSSR count). The number of benzene rings is 2. The van der Waals surface area contributed by atoms with E-state index in [2.05, 4.69) is 73.6 Å².